The molecule has 1 aliphatic rings. The van der Waals surface area contributed by atoms with E-state index in [1.54, 1.807) is 7.11 Å². The van der Waals surface area contributed by atoms with Crippen LogP contribution in [0, 0.1) is 5.92 Å². The highest BCUT2D eigenvalue weighted by Gasteiger charge is 2.22. The molecule has 1 unspecified atom stereocenters. The molecule has 3 nitrogen and oxygen atoms in total. The number of methoxy groups -OCH3 is 1. The smallest absolute Gasteiger partial charge is 0.0491 e. The van der Waals surface area contributed by atoms with Gasteiger partial charge in [0.05, 0.1) is 0 Å². The maximum atomic E-state index is 6.37. The molecule has 0 radical (unpaired) electrons. The first-order valence-corrected chi connectivity index (χ1v) is 7.76. The highest BCUT2D eigenvalue weighted by Crippen LogP contribution is 2.31. The zero-order valence-corrected chi connectivity index (χ0v) is 13.2. The molecule has 20 heavy (non-hydrogen) atoms. The number of benzene rings is 1. The predicted octanol–water partition coefficient (Wildman–Crippen LogP) is 3.09. The number of rotatable bonds is 5. The quantitative estimate of drug-likeness (QED) is 0.907. The van der Waals surface area contributed by atoms with Crippen molar-refractivity contribution in [3.63, 3.8) is 0 Å². The minimum Gasteiger partial charge on any atom is -0.384 e. The van der Waals surface area contributed by atoms with Crippen LogP contribution >= 0.6 is 11.6 Å². The van der Waals surface area contributed by atoms with Gasteiger partial charge in [0.1, 0.15) is 0 Å². The molecule has 1 aromatic rings. The molecule has 0 amide bonds. The number of nitrogens with two attached hydrogens (primary N) is 1. The summed E-state index contributed by atoms with van der Waals surface area (Å²) in [6.45, 7) is 5.04. The topological polar surface area (TPSA) is 38.5 Å². The summed E-state index contributed by atoms with van der Waals surface area (Å²) >= 11 is 6.37. The van der Waals surface area contributed by atoms with E-state index in [-0.39, 0.29) is 6.04 Å². The van der Waals surface area contributed by atoms with Gasteiger partial charge in [-0.3, -0.25) is 0 Å². The number of halogens is 1. The number of ether oxygens (including phenoxy) is 1. The fourth-order valence-corrected chi connectivity index (χ4v) is 3.19. The Kier molecular flexibility index (Phi) is 5.70. The maximum Gasteiger partial charge on any atom is 0.0491 e. The molecule has 1 saturated heterocycles. The lowest BCUT2D eigenvalue weighted by molar-refractivity contribution is 0.139. The Morgan fingerprint density at radius 2 is 2.10 bits per heavy atom. The third-order valence-electron chi connectivity index (χ3n) is 3.98. The summed E-state index contributed by atoms with van der Waals surface area (Å²) in [5, 5.41) is 0.832. The van der Waals surface area contributed by atoms with E-state index in [1.165, 1.54) is 24.1 Å². The number of nitrogens with zero attached hydrogens (tertiary/aromatic N) is 1. The molecule has 1 heterocycles. The summed E-state index contributed by atoms with van der Waals surface area (Å²) in [6, 6.07) is 6.28. The van der Waals surface area contributed by atoms with Crippen LogP contribution in [0.2, 0.25) is 5.02 Å². The minimum absolute atomic E-state index is 0.125. The molecule has 2 N–H and O–H groups in total. The van der Waals surface area contributed by atoms with Crippen LogP contribution in [0.4, 0.5) is 5.69 Å². The van der Waals surface area contributed by atoms with Gasteiger partial charge >= 0.3 is 0 Å². The van der Waals surface area contributed by atoms with Gasteiger partial charge in [0.25, 0.3) is 0 Å². The van der Waals surface area contributed by atoms with E-state index in [0.29, 0.717) is 5.92 Å². The lowest BCUT2D eigenvalue weighted by Gasteiger charge is -2.35. The van der Waals surface area contributed by atoms with Gasteiger partial charge in [0.2, 0.25) is 0 Å². The molecule has 1 atom stereocenters. The molecule has 2 rings (SSSR count). The van der Waals surface area contributed by atoms with Gasteiger partial charge in [-0.15, -0.1) is 0 Å². The second-order valence-electron chi connectivity index (χ2n) is 5.80. The normalized spacial score (nSPS) is 18.3. The first-order chi connectivity index (χ1) is 9.61. The molecule has 0 aliphatic carbocycles. The van der Waals surface area contributed by atoms with Gasteiger partial charge in [0, 0.05) is 43.6 Å². The molecule has 0 aromatic heterocycles. The maximum absolute atomic E-state index is 6.37. The lowest BCUT2D eigenvalue weighted by atomic mass is 9.96. The Morgan fingerprint density at radius 3 is 2.70 bits per heavy atom. The first-order valence-electron chi connectivity index (χ1n) is 7.38. The van der Waals surface area contributed by atoms with Crippen LogP contribution in [0.15, 0.2) is 18.2 Å². The first kappa shape index (κ1) is 15.6. The van der Waals surface area contributed by atoms with Crippen molar-refractivity contribution in [2.75, 3.05) is 31.7 Å². The zero-order valence-electron chi connectivity index (χ0n) is 12.4. The largest absolute Gasteiger partial charge is 0.384 e. The van der Waals surface area contributed by atoms with Gasteiger partial charge in [-0.2, -0.15) is 0 Å². The van der Waals surface area contributed by atoms with E-state index >= 15 is 0 Å². The van der Waals surface area contributed by atoms with Crippen molar-refractivity contribution in [2.24, 2.45) is 11.7 Å². The van der Waals surface area contributed by atoms with Crippen molar-refractivity contribution in [1.29, 1.82) is 0 Å². The van der Waals surface area contributed by atoms with E-state index in [2.05, 4.69) is 11.0 Å². The van der Waals surface area contributed by atoms with Crippen LogP contribution in [-0.2, 0) is 11.2 Å². The molecule has 1 aromatic carbocycles. The summed E-state index contributed by atoms with van der Waals surface area (Å²) in [4.78, 5) is 2.44. The molecule has 0 spiro atoms. The average Bonchev–Trinajstić information content (AvgIpc) is 2.42. The predicted molar refractivity (Wildman–Crippen MR) is 85.6 cm³/mol. The van der Waals surface area contributed by atoms with Crippen molar-refractivity contribution < 1.29 is 4.74 Å². The highest BCUT2D eigenvalue weighted by atomic mass is 35.5. The molecule has 0 bridgehead atoms. The van der Waals surface area contributed by atoms with Crippen LogP contribution in [0.25, 0.3) is 0 Å². The second kappa shape index (κ2) is 7.30. The highest BCUT2D eigenvalue weighted by molar-refractivity contribution is 6.31. The molecule has 1 fully saturated rings. The fourth-order valence-electron chi connectivity index (χ4n) is 2.94. The molecular formula is C16H25ClN2O. The number of hydrogen-bond acceptors (Lipinski definition) is 3. The average molecular weight is 297 g/mol. The van der Waals surface area contributed by atoms with Crippen molar-refractivity contribution in [2.45, 2.75) is 32.2 Å². The van der Waals surface area contributed by atoms with Gasteiger partial charge in [-0.05, 0) is 49.8 Å². The number of hydrogen-bond donors (Lipinski definition) is 1. The van der Waals surface area contributed by atoms with Gasteiger partial charge < -0.3 is 15.4 Å². The van der Waals surface area contributed by atoms with Crippen molar-refractivity contribution in [3.8, 4) is 0 Å². The van der Waals surface area contributed by atoms with Gasteiger partial charge in [-0.1, -0.05) is 17.7 Å². The summed E-state index contributed by atoms with van der Waals surface area (Å²) in [5.74, 6) is 0.687. The standard InChI is InChI=1S/C16H25ClN2O/c1-12(18)10-14-15(17)4-3-5-16(14)19-8-6-13(7-9-19)11-20-2/h3-5,12-13H,6-11,18H2,1-2H3. The number of anilines is 1. The Labute approximate surface area is 127 Å². The van der Waals surface area contributed by atoms with Crippen LogP contribution in [0.3, 0.4) is 0 Å². The SMILES string of the molecule is COCC1CCN(c2cccc(Cl)c2CC(C)N)CC1. The monoisotopic (exact) mass is 296 g/mol. The summed E-state index contributed by atoms with van der Waals surface area (Å²) in [5.41, 5.74) is 8.40. The summed E-state index contributed by atoms with van der Waals surface area (Å²) in [6.07, 6.45) is 3.18. The molecular weight excluding hydrogens is 272 g/mol. The van der Waals surface area contributed by atoms with Crippen LogP contribution in [-0.4, -0.2) is 32.8 Å². The van der Waals surface area contributed by atoms with Gasteiger partial charge in [0.15, 0.2) is 0 Å². The fraction of sp³-hybridized carbons (Fsp3) is 0.625. The third kappa shape index (κ3) is 3.87. The molecule has 0 saturated carbocycles. The Bertz CT molecular complexity index is 428. The molecule has 4 heteroatoms. The van der Waals surface area contributed by atoms with Crippen molar-refractivity contribution >= 4 is 17.3 Å². The molecule has 112 valence electrons. The number of piperidine rings is 1. The zero-order chi connectivity index (χ0) is 14.5. The van der Waals surface area contributed by atoms with Crippen LogP contribution < -0.4 is 10.6 Å². The second-order valence-corrected chi connectivity index (χ2v) is 6.21. The summed E-state index contributed by atoms with van der Waals surface area (Å²) < 4.78 is 5.26. The minimum atomic E-state index is 0.125. The Hall–Kier alpha value is -0.770. The van der Waals surface area contributed by atoms with Crippen LogP contribution in [0.5, 0.6) is 0 Å². The van der Waals surface area contributed by atoms with E-state index in [1.807, 2.05) is 19.1 Å². The molecule has 1 aliphatic heterocycles. The summed E-state index contributed by atoms with van der Waals surface area (Å²) in [7, 11) is 1.78. The van der Waals surface area contributed by atoms with Crippen molar-refractivity contribution in [3.05, 3.63) is 28.8 Å². The van der Waals surface area contributed by atoms with Crippen molar-refractivity contribution in [1.82, 2.24) is 0 Å². The van der Waals surface area contributed by atoms with Crippen LogP contribution in [0.1, 0.15) is 25.3 Å². The van der Waals surface area contributed by atoms with E-state index in [4.69, 9.17) is 22.1 Å². The lowest BCUT2D eigenvalue weighted by Crippen LogP contribution is -2.36. The van der Waals surface area contributed by atoms with Gasteiger partial charge in [-0.25, -0.2) is 0 Å². The Balaban J connectivity index is 2.11. The van der Waals surface area contributed by atoms with E-state index in [0.717, 1.165) is 31.1 Å². The third-order valence-corrected chi connectivity index (χ3v) is 4.33. The Morgan fingerprint density at radius 1 is 1.40 bits per heavy atom. The van der Waals surface area contributed by atoms with E-state index in [9.17, 15) is 0 Å². The van der Waals surface area contributed by atoms with E-state index < -0.39 is 0 Å².